The normalized spacial score (nSPS) is 9.32. The summed E-state index contributed by atoms with van der Waals surface area (Å²) in [7, 11) is 0. The molecular weight excluding hydrogens is 244 g/mol. The first-order chi connectivity index (χ1) is 8.72. The molecule has 0 aliphatic rings. The molecule has 0 heterocycles. The molecule has 0 radical (unpaired) electrons. The van der Waals surface area contributed by atoms with Gasteiger partial charge in [0.2, 0.25) is 0 Å². The molecule has 0 aromatic carbocycles. The molecule has 4 heteroatoms. The lowest BCUT2D eigenvalue weighted by Gasteiger charge is -2.17. The van der Waals surface area contributed by atoms with Crippen molar-refractivity contribution in [1.82, 2.24) is 0 Å². The van der Waals surface area contributed by atoms with Crippen LogP contribution < -0.4 is 0 Å². The molecule has 0 fully saturated rings. The molecule has 0 amide bonds. The zero-order chi connectivity index (χ0) is 15.3. The monoisotopic (exact) mass is 266 g/mol. The van der Waals surface area contributed by atoms with Crippen LogP contribution in [0.4, 0.5) is 0 Å². The number of carbonyl (C=O) groups excluding carboxylic acids is 1. The summed E-state index contributed by atoms with van der Waals surface area (Å²) in [5.41, 5.74) is 0.0335. The van der Waals surface area contributed by atoms with Gasteiger partial charge in [-0.25, -0.2) is 0 Å². The van der Waals surface area contributed by atoms with E-state index in [0.29, 0.717) is 25.9 Å². The van der Waals surface area contributed by atoms with Gasteiger partial charge >= 0.3 is 11.9 Å². The van der Waals surface area contributed by atoms with E-state index in [1.54, 1.807) is 0 Å². The van der Waals surface area contributed by atoms with Crippen LogP contribution in [0.3, 0.4) is 0 Å². The Kier molecular flexibility index (Phi) is 11.4. The van der Waals surface area contributed by atoms with E-state index in [4.69, 9.17) is 22.7 Å². The Morgan fingerprint density at radius 2 is 1.58 bits per heavy atom. The molecule has 19 heavy (non-hydrogen) atoms. The van der Waals surface area contributed by atoms with E-state index in [1.165, 1.54) is 0 Å². The highest BCUT2D eigenvalue weighted by Gasteiger charge is 2.12. The van der Waals surface area contributed by atoms with E-state index in [0.717, 1.165) is 0 Å². The summed E-state index contributed by atoms with van der Waals surface area (Å²) in [6, 6.07) is 0. The van der Waals surface area contributed by atoms with Gasteiger partial charge in [0.25, 0.3) is 0 Å². The smallest absolute Gasteiger partial charge is 0.306 e. The van der Waals surface area contributed by atoms with Crippen LogP contribution in [0.25, 0.3) is 0 Å². The minimum absolute atomic E-state index is 0.0335. The number of esters is 1. The molecule has 0 aliphatic carbocycles. The molecule has 0 unspecified atom stereocenters. The van der Waals surface area contributed by atoms with Crippen molar-refractivity contribution in [2.75, 3.05) is 6.61 Å². The third kappa shape index (κ3) is 21.8. The highest BCUT2D eigenvalue weighted by molar-refractivity contribution is 5.69. The first kappa shape index (κ1) is 19.4. The van der Waals surface area contributed by atoms with Gasteiger partial charge in [-0.05, 0) is 5.41 Å². The lowest BCUT2D eigenvalue weighted by atomic mass is 9.99. The molecule has 0 bridgehead atoms. The van der Waals surface area contributed by atoms with Gasteiger partial charge in [0.05, 0.1) is 19.4 Å². The first-order valence-corrected chi connectivity index (χ1v) is 5.97. The Morgan fingerprint density at radius 3 is 1.89 bits per heavy atom. The summed E-state index contributed by atoms with van der Waals surface area (Å²) >= 11 is 0. The van der Waals surface area contributed by atoms with Gasteiger partial charge < -0.3 is 9.84 Å². The molecule has 0 saturated carbocycles. The van der Waals surface area contributed by atoms with Crippen LogP contribution in [0.2, 0.25) is 0 Å². The molecular formula is C15H22O4. The fourth-order valence-electron chi connectivity index (χ4n) is 0.723. The highest BCUT2D eigenvalue weighted by atomic mass is 16.5. The molecule has 0 aromatic rings. The second-order valence-corrected chi connectivity index (χ2v) is 5.02. The minimum atomic E-state index is -0.835. The lowest BCUT2D eigenvalue weighted by molar-refractivity contribution is -0.146. The third-order valence-corrected chi connectivity index (χ3v) is 1.62. The Balaban J connectivity index is 0. The zero-order valence-electron chi connectivity index (χ0n) is 11.9. The van der Waals surface area contributed by atoms with Gasteiger partial charge in [-0.3, -0.25) is 9.59 Å². The van der Waals surface area contributed by atoms with E-state index in [2.05, 4.69) is 11.8 Å². The SMILES string of the molecule is C#CCCC(=O)O.C#CCCC(=O)OCC(C)(C)C. The van der Waals surface area contributed by atoms with Crippen molar-refractivity contribution in [3.8, 4) is 24.7 Å². The molecule has 0 atom stereocenters. The van der Waals surface area contributed by atoms with Crippen molar-refractivity contribution >= 4 is 11.9 Å². The first-order valence-electron chi connectivity index (χ1n) is 5.97. The van der Waals surface area contributed by atoms with Crippen LogP contribution in [-0.4, -0.2) is 23.7 Å². The van der Waals surface area contributed by atoms with Gasteiger partial charge in [0.1, 0.15) is 0 Å². The van der Waals surface area contributed by atoms with E-state index >= 15 is 0 Å². The van der Waals surface area contributed by atoms with Crippen LogP contribution >= 0.6 is 0 Å². The predicted molar refractivity (Wildman–Crippen MR) is 74.2 cm³/mol. The van der Waals surface area contributed by atoms with E-state index in [9.17, 15) is 9.59 Å². The average Bonchev–Trinajstić information content (AvgIpc) is 2.31. The summed E-state index contributed by atoms with van der Waals surface area (Å²) < 4.78 is 4.97. The third-order valence-electron chi connectivity index (χ3n) is 1.62. The topological polar surface area (TPSA) is 63.6 Å². The molecule has 0 rings (SSSR count). The number of aliphatic carboxylic acids is 1. The number of hydrogen-bond acceptors (Lipinski definition) is 3. The molecule has 0 saturated heterocycles. The van der Waals surface area contributed by atoms with Gasteiger partial charge in [-0.1, -0.05) is 20.8 Å². The van der Waals surface area contributed by atoms with Gasteiger partial charge in [0.15, 0.2) is 0 Å². The zero-order valence-corrected chi connectivity index (χ0v) is 11.9. The minimum Gasteiger partial charge on any atom is -0.481 e. The molecule has 0 aliphatic heterocycles. The predicted octanol–water partition coefficient (Wildman–Crippen LogP) is 2.47. The maximum absolute atomic E-state index is 10.9. The maximum atomic E-state index is 10.9. The van der Waals surface area contributed by atoms with Crippen LogP contribution in [0, 0.1) is 30.1 Å². The highest BCUT2D eigenvalue weighted by Crippen LogP contribution is 2.13. The number of terminal acetylenes is 2. The number of hydrogen-bond donors (Lipinski definition) is 1. The van der Waals surface area contributed by atoms with Crippen molar-refractivity contribution in [2.24, 2.45) is 5.41 Å². The average molecular weight is 266 g/mol. The van der Waals surface area contributed by atoms with Crippen molar-refractivity contribution in [1.29, 1.82) is 0 Å². The van der Waals surface area contributed by atoms with Crippen LogP contribution in [0.15, 0.2) is 0 Å². The van der Waals surface area contributed by atoms with Crippen molar-refractivity contribution in [3.05, 3.63) is 0 Å². The second-order valence-electron chi connectivity index (χ2n) is 5.02. The van der Waals surface area contributed by atoms with Crippen molar-refractivity contribution in [3.63, 3.8) is 0 Å². The number of carboxylic acid groups (broad SMARTS) is 1. The number of carbonyl (C=O) groups is 2. The number of carboxylic acids is 1. The summed E-state index contributed by atoms with van der Waals surface area (Å²) in [5, 5.41) is 7.95. The van der Waals surface area contributed by atoms with E-state index < -0.39 is 5.97 Å². The van der Waals surface area contributed by atoms with Gasteiger partial charge in [-0.15, -0.1) is 24.7 Å². The summed E-state index contributed by atoms with van der Waals surface area (Å²) in [6.45, 7) is 6.50. The quantitative estimate of drug-likeness (QED) is 0.613. The Bertz CT molecular complexity index is 350. The fourth-order valence-corrected chi connectivity index (χ4v) is 0.723. The van der Waals surface area contributed by atoms with Gasteiger partial charge in [-0.2, -0.15) is 0 Å². The van der Waals surface area contributed by atoms with Crippen LogP contribution in [0.1, 0.15) is 46.5 Å². The molecule has 4 nitrogen and oxygen atoms in total. The van der Waals surface area contributed by atoms with Crippen molar-refractivity contribution in [2.45, 2.75) is 46.5 Å². The Labute approximate surface area is 115 Å². The maximum Gasteiger partial charge on any atom is 0.306 e. The van der Waals surface area contributed by atoms with Crippen LogP contribution in [0.5, 0.6) is 0 Å². The molecule has 106 valence electrons. The molecule has 0 aromatic heterocycles. The Morgan fingerprint density at radius 1 is 1.11 bits per heavy atom. The molecule has 1 N–H and O–H groups in total. The largest absolute Gasteiger partial charge is 0.481 e. The van der Waals surface area contributed by atoms with Crippen molar-refractivity contribution < 1.29 is 19.4 Å². The summed E-state index contributed by atoms with van der Waals surface area (Å²) in [4.78, 5) is 20.6. The second kappa shape index (κ2) is 11.2. The standard InChI is InChI=1S/C10H16O2.C5H6O2/c1-5-6-7-9(11)12-8-10(2,3)4;1-2-3-4-5(6)7/h1H,6-8H2,2-4H3;1H,3-4H2,(H,6,7). The van der Waals surface area contributed by atoms with E-state index in [1.807, 2.05) is 20.8 Å². The number of ether oxygens (including phenoxy) is 1. The Hall–Kier alpha value is -1.94. The molecule has 0 spiro atoms. The summed E-state index contributed by atoms with van der Waals surface area (Å²) in [6.07, 6.45) is 11.0. The fraction of sp³-hybridized carbons (Fsp3) is 0.600. The number of rotatable bonds is 5. The van der Waals surface area contributed by atoms with Crippen LogP contribution in [-0.2, 0) is 14.3 Å². The van der Waals surface area contributed by atoms with Gasteiger partial charge in [0, 0.05) is 12.8 Å². The summed E-state index contributed by atoms with van der Waals surface area (Å²) in [5.74, 6) is 3.57. The lowest BCUT2D eigenvalue weighted by Crippen LogP contribution is -2.18. The van der Waals surface area contributed by atoms with E-state index in [-0.39, 0.29) is 17.8 Å².